The second-order valence-electron chi connectivity index (χ2n) is 6.46. The quantitative estimate of drug-likeness (QED) is 0.356. The summed E-state index contributed by atoms with van der Waals surface area (Å²) in [5.74, 6) is 0.847. The third-order valence-electron chi connectivity index (χ3n) is 4.62. The van der Waals surface area contributed by atoms with Crippen LogP contribution in [0.3, 0.4) is 0 Å². The molecule has 0 amide bonds. The lowest BCUT2D eigenvalue weighted by atomic mass is 10.2. The second-order valence-corrected chi connectivity index (χ2v) is 7.52. The Balaban J connectivity index is 0.00000240. The Morgan fingerprint density at radius 3 is 2.59 bits per heavy atom. The minimum absolute atomic E-state index is 0. The van der Waals surface area contributed by atoms with Gasteiger partial charge < -0.3 is 5.32 Å². The van der Waals surface area contributed by atoms with E-state index in [0.717, 1.165) is 46.3 Å². The molecule has 10 heteroatoms. The van der Waals surface area contributed by atoms with Crippen LogP contribution in [0, 0.1) is 0 Å². The smallest absolute Gasteiger partial charge is 0.312 e. The Kier molecular flexibility index (Phi) is 6.73. The van der Waals surface area contributed by atoms with E-state index in [1.165, 1.54) is 0 Å². The molecule has 0 atom stereocenters. The summed E-state index contributed by atoms with van der Waals surface area (Å²) in [6, 6.07) is 16.0. The van der Waals surface area contributed by atoms with Gasteiger partial charge in [0.1, 0.15) is 0 Å². The van der Waals surface area contributed by atoms with Gasteiger partial charge in [0.25, 0.3) is 0 Å². The summed E-state index contributed by atoms with van der Waals surface area (Å²) in [5.41, 5.74) is 3.98. The molecule has 0 saturated carbocycles. The molecule has 4 rings (SSSR count). The van der Waals surface area contributed by atoms with Crippen molar-refractivity contribution in [3.63, 3.8) is 0 Å². The molecular formula is C19H22ClN7OS. The topological polar surface area (TPSA) is 82.6 Å². The summed E-state index contributed by atoms with van der Waals surface area (Å²) in [6.45, 7) is 1.56. The number of nitrogens with zero attached hydrogens (tertiary/aromatic N) is 6. The highest BCUT2D eigenvalue weighted by Gasteiger charge is 2.09. The molecule has 2 heterocycles. The van der Waals surface area contributed by atoms with E-state index < -0.39 is 0 Å². The number of hydrogen-bond acceptors (Lipinski definition) is 6. The summed E-state index contributed by atoms with van der Waals surface area (Å²) >= 11 is 1.61. The second kappa shape index (κ2) is 9.25. The molecule has 0 saturated heterocycles. The maximum atomic E-state index is 12.0. The van der Waals surface area contributed by atoms with Gasteiger partial charge in [-0.05, 0) is 40.3 Å². The number of halogens is 1. The molecule has 8 nitrogen and oxygen atoms in total. The molecule has 2 aromatic carbocycles. The molecule has 0 aliphatic carbocycles. The van der Waals surface area contributed by atoms with Crippen LogP contribution in [0.25, 0.3) is 16.7 Å². The minimum Gasteiger partial charge on any atom is -0.312 e. The first-order valence-electron chi connectivity index (χ1n) is 8.97. The van der Waals surface area contributed by atoms with Crippen molar-refractivity contribution in [1.82, 2.24) is 34.7 Å². The van der Waals surface area contributed by atoms with E-state index in [2.05, 4.69) is 33.0 Å². The van der Waals surface area contributed by atoms with Gasteiger partial charge in [-0.1, -0.05) is 36.0 Å². The standard InChI is InChI=1S/C19H21N7OS.ClH/c1-24-16-9-8-14(12-17(16)25(2)19(24)27)13-20-10-11-28-18-21-22-23-26(18)15-6-4-3-5-7-15;/h3-9,12,20H,10-11,13H2,1-2H3;1H. The molecule has 29 heavy (non-hydrogen) atoms. The number of para-hydroxylation sites is 1. The third-order valence-corrected chi connectivity index (χ3v) is 5.54. The van der Waals surface area contributed by atoms with E-state index in [4.69, 9.17) is 0 Å². The van der Waals surface area contributed by atoms with Gasteiger partial charge in [-0.25, -0.2) is 4.79 Å². The minimum atomic E-state index is -0.00681. The molecule has 0 radical (unpaired) electrons. The molecule has 2 aromatic heterocycles. The van der Waals surface area contributed by atoms with Crippen molar-refractivity contribution in [1.29, 1.82) is 0 Å². The maximum Gasteiger partial charge on any atom is 0.328 e. The summed E-state index contributed by atoms with van der Waals surface area (Å²) in [6.07, 6.45) is 0. The monoisotopic (exact) mass is 431 g/mol. The third kappa shape index (κ3) is 4.36. The fraction of sp³-hybridized carbons (Fsp3) is 0.263. The molecule has 0 bridgehead atoms. The molecular weight excluding hydrogens is 410 g/mol. The van der Waals surface area contributed by atoms with Gasteiger partial charge in [0.15, 0.2) is 0 Å². The zero-order valence-corrected chi connectivity index (χ0v) is 17.8. The predicted octanol–water partition coefficient (Wildman–Crippen LogP) is 2.16. The zero-order valence-electron chi connectivity index (χ0n) is 16.1. The molecule has 152 valence electrons. The average Bonchev–Trinajstić information content (AvgIpc) is 3.28. The number of benzene rings is 2. The fourth-order valence-electron chi connectivity index (χ4n) is 3.11. The number of imidazole rings is 1. The van der Waals surface area contributed by atoms with Gasteiger partial charge in [0, 0.05) is 32.9 Å². The number of rotatable bonds is 7. The summed E-state index contributed by atoms with van der Waals surface area (Å²) in [7, 11) is 3.60. The first-order chi connectivity index (χ1) is 13.6. The molecule has 0 spiro atoms. The largest absolute Gasteiger partial charge is 0.328 e. The number of aromatic nitrogens is 6. The van der Waals surface area contributed by atoms with Crippen molar-refractivity contribution in [2.75, 3.05) is 12.3 Å². The predicted molar refractivity (Wildman–Crippen MR) is 117 cm³/mol. The van der Waals surface area contributed by atoms with Gasteiger partial charge in [-0.15, -0.1) is 17.5 Å². The fourth-order valence-corrected chi connectivity index (χ4v) is 3.90. The van der Waals surface area contributed by atoms with Crippen molar-refractivity contribution in [2.45, 2.75) is 11.7 Å². The molecule has 0 aliphatic heterocycles. The number of thioether (sulfide) groups is 1. The molecule has 4 aromatic rings. The van der Waals surface area contributed by atoms with Crippen LogP contribution in [0.4, 0.5) is 0 Å². The summed E-state index contributed by atoms with van der Waals surface area (Å²) in [4.78, 5) is 12.0. The summed E-state index contributed by atoms with van der Waals surface area (Å²) < 4.78 is 5.09. The van der Waals surface area contributed by atoms with E-state index in [9.17, 15) is 4.79 Å². The maximum absolute atomic E-state index is 12.0. The Hall–Kier alpha value is -2.62. The van der Waals surface area contributed by atoms with Crippen LogP contribution in [0.1, 0.15) is 5.56 Å². The van der Waals surface area contributed by atoms with E-state index >= 15 is 0 Å². The number of hydrogen-bond donors (Lipinski definition) is 1. The van der Waals surface area contributed by atoms with Crippen molar-refractivity contribution >= 4 is 35.2 Å². The Bertz CT molecular complexity index is 1150. The van der Waals surface area contributed by atoms with Crippen molar-refractivity contribution in [3.8, 4) is 5.69 Å². The van der Waals surface area contributed by atoms with Gasteiger partial charge in [-0.2, -0.15) is 4.68 Å². The highest BCUT2D eigenvalue weighted by atomic mass is 35.5. The number of nitrogens with one attached hydrogen (secondary N) is 1. The lowest BCUT2D eigenvalue weighted by Gasteiger charge is -2.06. The normalized spacial score (nSPS) is 11.0. The number of fused-ring (bicyclic) bond motifs is 1. The Labute approximate surface area is 178 Å². The molecule has 0 aliphatic rings. The lowest BCUT2D eigenvalue weighted by molar-refractivity contribution is 0.728. The highest BCUT2D eigenvalue weighted by molar-refractivity contribution is 7.99. The van der Waals surface area contributed by atoms with E-state index in [1.807, 2.05) is 36.4 Å². The van der Waals surface area contributed by atoms with Gasteiger partial charge >= 0.3 is 5.69 Å². The van der Waals surface area contributed by atoms with Crippen LogP contribution < -0.4 is 11.0 Å². The average molecular weight is 432 g/mol. The first kappa shape index (κ1) is 21.1. The SMILES string of the molecule is Cl.Cn1c(=O)n(C)c2cc(CNCCSc3nnnn3-c3ccccc3)ccc21. The van der Waals surface area contributed by atoms with Crippen LogP contribution in [0.15, 0.2) is 58.5 Å². The van der Waals surface area contributed by atoms with Crippen LogP contribution in [-0.2, 0) is 20.6 Å². The van der Waals surface area contributed by atoms with Crippen molar-refractivity contribution in [3.05, 3.63) is 64.6 Å². The van der Waals surface area contributed by atoms with Crippen molar-refractivity contribution in [2.24, 2.45) is 14.1 Å². The van der Waals surface area contributed by atoms with E-state index in [-0.39, 0.29) is 18.1 Å². The van der Waals surface area contributed by atoms with Crippen LogP contribution in [-0.4, -0.2) is 41.6 Å². The van der Waals surface area contributed by atoms with Crippen LogP contribution >= 0.6 is 24.2 Å². The van der Waals surface area contributed by atoms with Gasteiger partial charge in [0.2, 0.25) is 5.16 Å². The number of aryl methyl sites for hydroxylation is 2. The van der Waals surface area contributed by atoms with E-state index in [1.54, 1.807) is 39.7 Å². The van der Waals surface area contributed by atoms with Crippen LogP contribution in [0.5, 0.6) is 0 Å². The lowest BCUT2D eigenvalue weighted by Crippen LogP contribution is -2.19. The highest BCUT2D eigenvalue weighted by Crippen LogP contribution is 2.17. The summed E-state index contributed by atoms with van der Waals surface area (Å²) in [5, 5.41) is 16.2. The Morgan fingerprint density at radius 1 is 1.03 bits per heavy atom. The van der Waals surface area contributed by atoms with Gasteiger partial charge in [0.05, 0.1) is 16.7 Å². The zero-order chi connectivity index (χ0) is 19.5. The number of tetrazole rings is 1. The molecule has 0 fully saturated rings. The first-order valence-corrected chi connectivity index (χ1v) is 9.95. The van der Waals surface area contributed by atoms with Crippen LogP contribution in [0.2, 0.25) is 0 Å². The van der Waals surface area contributed by atoms with E-state index in [0.29, 0.717) is 0 Å². The molecule has 0 unspecified atom stereocenters. The molecule has 1 N–H and O–H groups in total. The van der Waals surface area contributed by atoms with Gasteiger partial charge in [-0.3, -0.25) is 9.13 Å². The van der Waals surface area contributed by atoms with Crippen molar-refractivity contribution < 1.29 is 0 Å². The Morgan fingerprint density at radius 2 is 1.79 bits per heavy atom.